The molecule has 0 N–H and O–H groups in total. The van der Waals surface area contributed by atoms with Crippen LogP contribution >= 0.6 is 11.8 Å². The van der Waals surface area contributed by atoms with Gasteiger partial charge in [-0.15, -0.1) is 11.8 Å². The molecule has 1 aromatic carbocycles. The molecule has 0 aliphatic carbocycles. The number of aryl methyl sites for hydroxylation is 3. The lowest BCUT2D eigenvalue weighted by molar-refractivity contribution is -0.118. The highest BCUT2D eigenvalue weighted by Crippen LogP contribution is 2.44. The number of carbonyl (C=O) groups is 1. The zero-order valence-electron chi connectivity index (χ0n) is 14.2. The minimum absolute atomic E-state index is 0.0359. The van der Waals surface area contributed by atoms with E-state index in [-0.39, 0.29) is 10.7 Å². The lowest BCUT2D eigenvalue weighted by atomic mass is 10.1. The SMILES string of the molecule is Cc1nn(C)cc1CCC(=O)N1CC(C)(C)Sc2ccccc21. The van der Waals surface area contributed by atoms with E-state index in [1.807, 2.05) is 59.7 Å². The van der Waals surface area contributed by atoms with Gasteiger partial charge >= 0.3 is 0 Å². The smallest absolute Gasteiger partial charge is 0.227 e. The molecule has 1 amide bonds. The summed E-state index contributed by atoms with van der Waals surface area (Å²) in [4.78, 5) is 16.0. The van der Waals surface area contributed by atoms with E-state index < -0.39 is 0 Å². The van der Waals surface area contributed by atoms with Crippen molar-refractivity contribution >= 4 is 23.4 Å². The van der Waals surface area contributed by atoms with Gasteiger partial charge in [-0.25, -0.2) is 0 Å². The molecule has 4 nitrogen and oxygen atoms in total. The maximum Gasteiger partial charge on any atom is 0.227 e. The normalized spacial score (nSPS) is 16.3. The van der Waals surface area contributed by atoms with Crippen LogP contribution in [0.3, 0.4) is 0 Å². The van der Waals surface area contributed by atoms with Gasteiger partial charge in [0.05, 0.1) is 11.4 Å². The lowest BCUT2D eigenvalue weighted by Gasteiger charge is -2.38. The average Bonchev–Trinajstić information content (AvgIpc) is 2.81. The molecule has 1 aliphatic rings. The predicted molar refractivity (Wildman–Crippen MR) is 95.0 cm³/mol. The Bertz CT molecular complexity index is 736. The van der Waals surface area contributed by atoms with Crippen LogP contribution in [0.25, 0.3) is 0 Å². The summed E-state index contributed by atoms with van der Waals surface area (Å²) >= 11 is 1.85. The van der Waals surface area contributed by atoms with Crippen LogP contribution in [-0.2, 0) is 18.3 Å². The zero-order chi connectivity index (χ0) is 16.6. The molecule has 1 aromatic heterocycles. The standard InChI is InChI=1S/C18H23N3OS/c1-13-14(11-20(4)19-13)9-10-17(22)21-12-18(2,3)23-16-8-6-5-7-15(16)21/h5-8,11H,9-10,12H2,1-4H3. The van der Waals surface area contributed by atoms with E-state index in [9.17, 15) is 4.79 Å². The molecule has 3 rings (SSSR count). The molecule has 0 bridgehead atoms. The van der Waals surface area contributed by atoms with Crippen molar-refractivity contribution in [2.45, 2.75) is 43.3 Å². The Morgan fingerprint density at radius 1 is 1.35 bits per heavy atom. The highest BCUT2D eigenvalue weighted by atomic mass is 32.2. The number of anilines is 1. The number of carbonyl (C=O) groups excluding carboxylic acids is 1. The third-order valence-electron chi connectivity index (χ3n) is 4.11. The summed E-state index contributed by atoms with van der Waals surface area (Å²) in [6.45, 7) is 7.13. The highest BCUT2D eigenvalue weighted by molar-refractivity contribution is 8.00. The maximum atomic E-state index is 12.8. The summed E-state index contributed by atoms with van der Waals surface area (Å²) in [6, 6.07) is 8.19. The number of fused-ring (bicyclic) bond motifs is 1. The number of thioether (sulfide) groups is 1. The third kappa shape index (κ3) is 3.44. The molecule has 23 heavy (non-hydrogen) atoms. The van der Waals surface area contributed by atoms with E-state index in [1.54, 1.807) is 0 Å². The van der Waals surface area contributed by atoms with Crippen molar-refractivity contribution in [1.29, 1.82) is 0 Å². The summed E-state index contributed by atoms with van der Waals surface area (Å²) in [5, 5.41) is 4.35. The van der Waals surface area contributed by atoms with Crippen molar-refractivity contribution < 1.29 is 4.79 Å². The van der Waals surface area contributed by atoms with Crippen LogP contribution in [0.4, 0.5) is 5.69 Å². The summed E-state index contributed by atoms with van der Waals surface area (Å²) in [5.41, 5.74) is 3.21. The lowest BCUT2D eigenvalue weighted by Crippen LogP contribution is -2.43. The van der Waals surface area contributed by atoms with Crippen LogP contribution in [0, 0.1) is 6.92 Å². The van der Waals surface area contributed by atoms with Crippen LogP contribution in [0.5, 0.6) is 0 Å². The Hall–Kier alpha value is -1.75. The summed E-state index contributed by atoms with van der Waals surface area (Å²) in [7, 11) is 1.92. The van der Waals surface area contributed by atoms with E-state index in [1.165, 1.54) is 4.90 Å². The molecular formula is C18H23N3OS. The van der Waals surface area contributed by atoms with Crippen molar-refractivity contribution in [3.8, 4) is 0 Å². The first-order chi connectivity index (χ1) is 10.9. The number of rotatable bonds is 3. The first kappa shape index (κ1) is 16.1. The van der Waals surface area contributed by atoms with Gasteiger partial charge in [-0.3, -0.25) is 9.48 Å². The quantitative estimate of drug-likeness (QED) is 0.864. The van der Waals surface area contributed by atoms with Gasteiger partial charge in [0, 0.05) is 35.9 Å². The van der Waals surface area contributed by atoms with Gasteiger partial charge in [0.1, 0.15) is 0 Å². The van der Waals surface area contributed by atoms with Gasteiger partial charge < -0.3 is 4.90 Å². The van der Waals surface area contributed by atoms with Gasteiger partial charge in [0.25, 0.3) is 0 Å². The topological polar surface area (TPSA) is 38.1 Å². The van der Waals surface area contributed by atoms with Crippen LogP contribution in [0.1, 0.15) is 31.5 Å². The molecule has 0 fully saturated rings. The second-order valence-corrected chi connectivity index (χ2v) is 8.47. The number of hydrogen-bond donors (Lipinski definition) is 0. The van der Waals surface area contributed by atoms with Crippen molar-refractivity contribution in [2.24, 2.45) is 7.05 Å². The van der Waals surface area contributed by atoms with E-state index in [4.69, 9.17) is 0 Å². The number of para-hydroxylation sites is 1. The third-order valence-corrected chi connectivity index (χ3v) is 5.35. The predicted octanol–water partition coefficient (Wildman–Crippen LogP) is 3.58. The van der Waals surface area contributed by atoms with E-state index in [0.717, 1.165) is 29.9 Å². The molecule has 5 heteroatoms. The Morgan fingerprint density at radius 3 is 2.78 bits per heavy atom. The minimum Gasteiger partial charge on any atom is -0.310 e. The Kier molecular flexibility index (Phi) is 4.23. The number of aromatic nitrogens is 2. The van der Waals surface area contributed by atoms with E-state index >= 15 is 0 Å². The van der Waals surface area contributed by atoms with Gasteiger partial charge in [0.2, 0.25) is 5.91 Å². The van der Waals surface area contributed by atoms with Crippen LogP contribution < -0.4 is 4.90 Å². The molecule has 1 aliphatic heterocycles. The largest absolute Gasteiger partial charge is 0.310 e. The van der Waals surface area contributed by atoms with E-state index in [2.05, 4.69) is 25.0 Å². The monoisotopic (exact) mass is 329 g/mol. The Morgan fingerprint density at radius 2 is 2.09 bits per heavy atom. The molecule has 0 spiro atoms. The first-order valence-electron chi connectivity index (χ1n) is 7.93. The maximum absolute atomic E-state index is 12.8. The van der Waals surface area contributed by atoms with Gasteiger partial charge in [-0.1, -0.05) is 12.1 Å². The Balaban J connectivity index is 1.78. The van der Waals surface area contributed by atoms with Gasteiger partial charge in [0.15, 0.2) is 0 Å². The average molecular weight is 329 g/mol. The fourth-order valence-electron chi connectivity index (χ4n) is 3.06. The summed E-state index contributed by atoms with van der Waals surface area (Å²) < 4.78 is 1.85. The molecule has 0 unspecified atom stereocenters. The second-order valence-electron chi connectivity index (χ2n) is 6.72. The number of amides is 1. The van der Waals surface area contributed by atoms with Crippen molar-refractivity contribution in [2.75, 3.05) is 11.4 Å². The number of nitrogens with zero attached hydrogens (tertiary/aromatic N) is 3. The van der Waals surface area contributed by atoms with Crippen molar-refractivity contribution in [3.05, 3.63) is 41.7 Å². The molecule has 122 valence electrons. The molecule has 2 aromatic rings. The second kappa shape index (κ2) is 6.04. The molecule has 0 radical (unpaired) electrons. The summed E-state index contributed by atoms with van der Waals surface area (Å²) in [6.07, 6.45) is 3.26. The Labute approximate surface area is 141 Å². The zero-order valence-corrected chi connectivity index (χ0v) is 15.0. The molecule has 0 saturated carbocycles. The number of hydrogen-bond acceptors (Lipinski definition) is 3. The number of benzene rings is 1. The summed E-state index contributed by atoms with van der Waals surface area (Å²) in [5.74, 6) is 0.189. The van der Waals surface area contributed by atoms with E-state index in [0.29, 0.717) is 6.42 Å². The minimum atomic E-state index is 0.0359. The van der Waals surface area contributed by atoms with Crippen LogP contribution in [0.2, 0.25) is 0 Å². The fraction of sp³-hybridized carbons (Fsp3) is 0.444. The van der Waals surface area contributed by atoms with Gasteiger partial charge in [-0.2, -0.15) is 5.10 Å². The first-order valence-corrected chi connectivity index (χ1v) is 8.75. The molecule has 2 heterocycles. The van der Waals surface area contributed by atoms with Crippen LogP contribution in [0.15, 0.2) is 35.4 Å². The molecule has 0 atom stereocenters. The van der Waals surface area contributed by atoms with Crippen molar-refractivity contribution in [3.63, 3.8) is 0 Å². The van der Waals surface area contributed by atoms with Gasteiger partial charge in [-0.05, 0) is 44.9 Å². The highest BCUT2D eigenvalue weighted by Gasteiger charge is 2.33. The van der Waals surface area contributed by atoms with Crippen LogP contribution in [-0.4, -0.2) is 27.0 Å². The molecular weight excluding hydrogens is 306 g/mol. The molecule has 0 saturated heterocycles. The van der Waals surface area contributed by atoms with Crippen molar-refractivity contribution in [1.82, 2.24) is 9.78 Å². The fourth-order valence-corrected chi connectivity index (χ4v) is 4.27.